The largest absolute Gasteiger partial charge is 0.456 e. The van der Waals surface area contributed by atoms with Gasteiger partial charge in [0.05, 0.1) is 0 Å². The molecule has 40 heavy (non-hydrogen) atoms. The number of hydrogen-bond donors (Lipinski definition) is 0. The molecular weight excluding hydrogens is 498 g/mol. The van der Waals surface area contributed by atoms with Gasteiger partial charge in [0.15, 0.2) is 11.2 Å². The molecule has 6 heteroatoms. The molecule has 0 radical (unpaired) electrons. The molecule has 9 aromatic rings. The number of para-hydroxylation sites is 1. The zero-order valence-corrected chi connectivity index (χ0v) is 21.0. The third-order valence-corrected chi connectivity index (χ3v) is 7.56. The number of pyridine rings is 2. The van der Waals surface area contributed by atoms with Crippen LogP contribution in [0.3, 0.4) is 0 Å². The van der Waals surface area contributed by atoms with Crippen LogP contribution < -0.4 is 4.90 Å². The van der Waals surface area contributed by atoms with Gasteiger partial charge in [-0.3, -0.25) is 9.97 Å². The molecule has 0 unspecified atom stereocenters. The molecule has 0 amide bonds. The molecule has 0 bridgehead atoms. The van der Waals surface area contributed by atoms with Gasteiger partial charge in [-0.2, -0.15) is 0 Å². The van der Waals surface area contributed by atoms with Crippen LogP contribution in [-0.2, 0) is 0 Å². The van der Waals surface area contributed by atoms with E-state index in [0.717, 1.165) is 83.1 Å². The first-order chi connectivity index (χ1) is 19.8. The van der Waals surface area contributed by atoms with Gasteiger partial charge in [-0.1, -0.05) is 18.2 Å². The van der Waals surface area contributed by atoms with Crippen molar-refractivity contribution in [3.8, 4) is 0 Å². The fraction of sp³-hybridized carbons (Fsp3) is 0. The average Bonchev–Trinajstić information content (AvgIpc) is 3.67. The van der Waals surface area contributed by atoms with Gasteiger partial charge in [-0.05, 0) is 72.8 Å². The van der Waals surface area contributed by atoms with Gasteiger partial charge in [0.1, 0.15) is 33.4 Å². The molecule has 188 valence electrons. The first-order valence-corrected chi connectivity index (χ1v) is 13.1. The van der Waals surface area contributed by atoms with Gasteiger partial charge in [0, 0.05) is 63.1 Å². The first kappa shape index (κ1) is 21.3. The smallest absolute Gasteiger partial charge is 0.153 e. The van der Waals surface area contributed by atoms with E-state index in [9.17, 15) is 0 Å². The van der Waals surface area contributed by atoms with Crippen LogP contribution in [0.2, 0.25) is 0 Å². The standard InChI is InChI=1S/C34H19N3O3/c1-2-6-27-23(5-1)24-12-9-21(18-31(24)39-27)37(20-11-14-28-26(17-20)34-30(38-28)8-4-16-36-34)22-10-13-25-32(19-22)40-29-7-3-15-35-33(25)29/h1-19H. The Bertz CT molecular complexity index is 2300. The van der Waals surface area contributed by atoms with E-state index in [1.54, 1.807) is 12.4 Å². The molecule has 9 rings (SSSR count). The van der Waals surface area contributed by atoms with E-state index in [-0.39, 0.29) is 0 Å². The second kappa shape index (κ2) is 7.94. The zero-order valence-electron chi connectivity index (χ0n) is 21.0. The Morgan fingerprint density at radius 2 is 0.925 bits per heavy atom. The van der Waals surface area contributed by atoms with Crippen LogP contribution in [0.5, 0.6) is 0 Å². The third kappa shape index (κ3) is 3.04. The van der Waals surface area contributed by atoms with E-state index >= 15 is 0 Å². The van der Waals surface area contributed by atoms with E-state index in [4.69, 9.17) is 13.3 Å². The number of nitrogens with zero attached hydrogens (tertiary/aromatic N) is 3. The second-order valence-corrected chi connectivity index (χ2v) is 9.88. The average molecular weight is 518 g/mol. The van der Waals surface area contributed by atoms with Gasteiger partial charge in [-0.25, -0.2) is 0 Å². The maximum absolute atomic E-state index is 6.26. The Balaban J connectivity index is 1.30. The summed E-state index contributed by atoms with van der Waals surface area (Å²) in [5, 5.41) is 4.12. The summed E-state index contributed by atoms with van der Waals surface area (Å²) >= 11 is 0. The van der Waals surface area contributed by atoms with Gasteiger partial charge in [0.2, 0.25) is 0 Å². The van der Waals surface area contributed by atoms with Crippen molar-refractivity contribution in [2.45, 2.75) is 0 Å². The third-order valence-electron chi connectivity index (χ3n) is 7.56. The summed E-state index contributed by atoms with van der Waals surface area (Å²) < 4.78 is 18.5. The normalized spacial score (nSPS) is 12.0. The SMILES string of the molecule is c1ccc2c(c1)oc1cc(N(c3ccc4c(c3)oc3cccnc34)c3ccc4oc5cccnc5c4c3)ccc12. The van der Waals surface area contributed by atoms with Crippen LogP contribution in [0, 0.1) is 0 Å². The molecule has 0 aliphatic carbocycles. The van der Waals surface area contributed by atoms with Crippen LogP contribution in [0.15, 0.2) is 129 Å². The number of anilines is 3. The highest BCUT2D eigenvalue weighted by molar-refractivity contribution is 6.08. The summed E-state index contributed by atoms with van der Waals surface area (Å²) in [5.41, 5.74) is 9.36. The maximum Gasteiger partial charge on any atom is 0.153 e. The van der Waals surface area contributed by atoms with Crippen molar-refractivity contribution in [2.24, 2.45) is 0 Å². The highest BCUT2D eigenvalue weighted by Crippen LogP contribution is 2.42. The molecular formula is C34H19N3O3. The number of hydrogen-bond acceptors (Lipinski definition) is 6. The molecule has 0 N–H and O–H groups in total. The molecule has 0 aliphatic rings. The number of fused-ring (bicyclic) bond motifs is 9. The molecule has 0 spiro atoms. The maximum atomic E-state index is 6.26. The Morgan fingerprint density at radius 1 is 0.400 bits per heavy atom. The fourth-order valence-electron chi connectivity index (χ4n) is 5.75. The molecule has 4 aromatic carbocycles. The summed E-state index contributed by atoms with van der Waals surface area (Å²) in [6.07, 6.45) is 3.58. The molecule has 0 aliphatic heterocycles. The minimum absolute atomic E-state index is 0.765. The first-order valence-electron chi connectivity index (χ1n) is 13.1. The van der Waals surface area contributed by atoms with Crippen molar-refractivity contribution >= 4 is 83.1 Å². The molecule has 6 nitrogen and oxygen atoms in total. The minimum Gasteiger partial charge on any atom is -0.456 e. The monoisotopic (exact) mass is 517 g/mol. The van der Waals surface area contributed by atoms with Crippen LogP contribution in [0.1, 0.15) is 0 Å². The predicted molar refractivity (Wildman–Crippen MR) is 159 cm³/mol. The lowest BCUT2D eigenvalue weighted by molar-refractivity contribution is 0.667. The van der Waals surface area contributed by atoms with Gasteiger partial charge in [-0.15, -0.1) is 0 Å². The second-order valence-electron chi connectivity index (χ2n) is 9.88. The van der Waals surface area contributed by atoms with Crippen molar-refractivity contribution < 1.29 is 13.3 Å². The Morgan fingerprint density at radius 3 is 1.73 bits per heavy atom. The Labute approximate surface area is 226 Å². The molecule has 0 saturated heterocycles. The van der Waals surface area contributed by atoms with Crippen molar-refractivity contribution in [3.63, 3.8) is 0 Å². The lowest BCUT2D eigenvalue weighted by atomic mass is 10.1. The molecule has 0 saturated carbocycles. The predicted octanol–water partition coefficient (Wildman–Crippen LogP) is 9.64. The van der Waals surface area contributed by atoms with Crippen LogP contribution in [0.25, 0.3) is 66.1 Å². The topological polar surface area (TPSA) is 68.4 Å². The Kier molecular flexibility index (Phi) is 4.24. The minimum atomic E-state index is 0.765. The Hall–Kier alpha value is -5.62. The summed E-state index contributed by atoms with van der Waals surface area (Å²) in [6, 6.07) is 34.6. The van der Waals surface area contributed by atoms with Gasteiger partial charge >= 0.3 is 0 Å². The van der Waals surface area contributed by atoms with E-state index in [1.165, 1.54) is 0 Å². The van der Waals surface area contributed by atoms with Crippen LogP contribution in [0.4, 0.5) is 17.1 Å². The quantitative estimate of drug-likeness (QED) is 0.232. The summed E-state index contributed by atoms with van der Waals surface area (Å²) in [6.45, 7) is 0. The van der Waals surface area contributed by atoms with Crippen LogP contribution >= 0.6 is 0 Å². The zero-order chi connectivity index (χ0) is 26.2. The number of aromatic nitrogens is 2. The number of furan rings is 3. The molecule has 5 heterocycles. The lowest BCUT2D eigenvalue weighted by Crippen LogP contribution is -2.09. The van der Waals surface area contributed by atoms with Crippen molar-refractivity contribution in [2.75, 3.05) is 4.90 Å². The van der Waals surface area contributed by atoms with Gasteiger partial charge < -0.3 is 18.2 Å². The molecule has 0 fully saturated rings. The van der Waals surface area contributed by atoms with Crippen molar-refractivity contribution in [1.29, 1.82) is 0 Å². The van der Waals surface area contributed by atoms with E-state index in [1.807, 2.05) is 48.5 Å². The lowest BCUT2D eigenvalue weighted by Gasteiger charge is -2.25. The summed E-state index contributed by atoms with van der Waals surface area (Å²) in [4.78, 5) is 11.3. The van der Waals surface area contributed by atoms with Crippen molar-refractivity contribution in [3.05, 3.63) is 116 Å². The van der Waals surface area contributed by atoms with E-state index in [0.29, 0.717) is 0 Å². The van der Waals surface area contributed by atoms with Crippen molar-refractivity contribution in [1.82, 2.24) is 9.97 Å². The summed E-state index contributed by atoms with van der Waals surface area (Å²) in [5.74, 6) is 0. The highest BCUT2D eigenvalue weighted by Gasteiger charge is 2.19. The molecule has 5 aromatic heterocycles. The van der Waals surface area contributed by atoms with E-state index in [2.05, 4.69) is 69.5 Å². The fourth-order valence-corrected chi connectivity index (χ4v) is 5.75. The van der Waals surface area contributed by atoms with E-state index < -0.39 is 0 Å². The summed E-state index contributed by atoms with van der Waals surface area (Å²) in [7, 11) is 0. The highest BCUT2D eigenvalue weighted by atomic mass is 16.3. The molecule has 0 atom stereocenters. The number of rotatable bonds is 3. The number of benzene rings is 4. The van der Waals surface area contributed by atoms with Crippen LogP contribution in [-0.4, -0.2) is 9.97 Å². The van der Waals surface area contributed by atoms with Gasteiger partial charge in [0.25, 0.3) is 0 Å².